The standard InChI is InChI=1S/C19H19NO5/c1-11-4-5-14(8-12(11)2)19(22)25-13(3)18(21)20-15-6-7-16-17(9-15)24-10-23-16/h4-9,13H,10H2,1-3H3,(H,20,21). The van der Waals surface area contributed by atoms with Gasteiger partial charge in [-0.15, -0.1) is 0 Å². The van der Waals surface area contributed by atoms with Crippen molar-refractivity contribution in [3.63, 3.8) is 0 Å². The van der Waals surface area contributed by atoms with Gasteiger partial charge in [-0.05, 0) is 56.2 Å². The van der Waals surface area contributed by atoms with E-state index in [9.17, 15) is 9.59 Å². The van der Waals surface area contributed by atoms with Crippen molar-refractivity contribution in [3.8, 4) is 11.5 Å². The van der Waals surface area contributed by atoms with Gasteiger partial charge in [-0.25, -0.2) is 4.79 Å². The Hall–Kier alpha value is -3.02. The van der Waals surface area contributed by atoms with E-state index in [-0.39, 0.29) is 6.79 Å². The Morgan fingerprint density at radius 2 is 1.80 bits per heavy atom. The predicted molar refractivity (Wildman–Crippen MR) is 92.0 cm³/mol. The summed E-state index contributed by atoms with van der Waals surface area (Å²) >= 11 is 0. The van der Waals surface area contributed by atoms with E-state index in [4.69, 9.17) is 14.2 Å². The van der Waals surface area contributed by atoms with Crippen LogP contribution in [-0.2, 0) is 9.53 Å². The van der Waals surface area contributed by atoms with Crippen LogP contribution in [0.25, 0.3) is 0 Å². The fourth-order valence-corrected chi connectivity index (χ4v) is 2.37. The van der Waals surface area contributed by atoms with Crippen molar-refractivity contribution >= 4 is 17.6 Å². The number of nitrogens with one attached hydrogen (secondary N) is 1. The van der Waals surface area contributed by atoms with Gasteiger partial charge in [-0.1, -0.05) is 6.07 Å². The lowest BCUT2D eigenvalue weighted by Crippen LogP contribution is -2.30. The summed E-state index contributed by atoms with van der Waals surface area (Å²) in [5.41, 5.74) is 3.05. The quantitative estimate of drug-likeness (QED) is 0.865. The largest absolute Gasteiger partial charge is 0.454 e. The summed E-state index contributed by atoms with van der Waals surface area (Å²) < 4.78 is 15.7. The van der Waals surface area contributed by atoms with Gasteiger partial charge >= 0.3 is 5.97 Å². The number of hydrogen-bond acceptors (Lipinski definition) is 5. The highest BCUT2D eigenvalue weighted by Crippen LogP contribution is 2.34. The smallest absolute Gasteiger partial charge is 0.338 e. The number of amides is 1. The first-order valence-corrected chi connectivity index (χ1v) is 7.93. The monoisotopic (exact) mass is 341 g/mol. The highest BCUT2D eigenvalue weighted by Gasteiger charge is 2.20. The van der Waals surface area contributed by atoms with E-state index in [2.05, 4.69) is 5.32 Å². The number of carbonyl (C=O) groups excluding carboxylic acids is 2. The number of ether oxygens (including phenoxy) is 3. The molecule has 0 bridgehead atoms. The summed E-state index contributed by atoms with van der Waals surface area (Å²) in [6.45, 7) is 5.58. The molecule has 0 radical (unpaired) electrons. The lowest BCUT2D eigenvalue weighted by molar-refractivity contribution is -0.123. The first kappa shape index (κ1) is 16.8. The summed E-state index contributed by atoms with van der Waals surface area (Å²) in [6, 6.07) is 10.4. The Labute approximate surface area is 145 Å². The SMILES string of the molecule is Cc1ccc(C(=O)OC(C)C(=O)Nc2ccc3c(c2)OCO3)cc1C. The van der Waals surface area contributed by atoms with Crippen molar-refractivity contribution in [2.45, 2.75) is 26.9 Å². The van der Waals surface area contributed by atoms with E-state index < -0.39 is 18.0 Å². The van der Waals surface area contributed by atoms with Crippen molar-refractivity contribution < 1.29 is 23.8 Å². The van der Waals surface area contributed by atoms with Crippen LogP contribution in [-0.4, -0.2) is 24.8 Å². The zero-order valence-corrected chi connectivity index (χ0v) is 14.3. The van der Waals surface area contributed by atoms with Crippen LogP contribution in [0.15, 0.2) is 36.4 Å². The number of carbonyl (C=O) groups is 2. The molecule has 1 heterocycles. The fraction of sp³-hybridized carbons (Fsp3) is 0.263. The van der Waals surface area contributed by atoms with Gasteiger partial charge in [-0.3, -0.25) is 4.79 Å². The first-order valence-electron chi connectivity index (χ1n) is 7.93. The van der Waals surface area contributed by atoms with Gasteiger partial charge < -0.3 is 19.5 Å². The van der Waals surface area contributed by atoms with E-state index in [1.165, 1.54) is 6.92 Å². The zero-order valence-electron chi connectivity index (χ0n) is 14.3. The number of fused-ring (bicyclic) bond motifs is 1. The van der Waals surface area contributed by atoms with Crippen LogP contribution in [0.4, 0.5) is 5.69 Å². The minimum Gasteiger partial charge on any atom is -0.454 e. The van der Waals surface area contributed by atoms with E-state index in [0.29, 0.717) is 22.7 Å². The van der Waals surface area contributed by atoms with Gasteiger partial charge in [0.25, 0.3) is 5.91 Å². The molecule has 2 aromatic carbocycles. The van der Waals surface area contributed by atoms with E-state index in [1.807, 2.05) is 19.9 Å². The molecular formula is C19H19NO5. The van der Waals surface area contributed by atoms with E-state index in [1.54, 1.807) is 30.3 Å². The zero-order chi connectivity index (χ0) is 18.0. The van der Waals surface area contributed by atoms with Gasteiger partial charge in [0.05, 0.1) is 5.56 Å². The molecule has 1 aliphatic rings. The predicted octanol–water partition coefficient (Wildman–Crippen LogP) is 3.22. The summed E-state index contributed by atoms with van der Waals surface area (Å²) in [5, 5.41) is 2.70. The second kappa shape index (κ2) is 6.84. The van der Waals surface area contributed by atoms with Gasteiger partial charge in [0.15, 0.2) is 17.6 Å². The molecule has 3 rings (SSSR count). The van der Waals surface area contributed by atoms with Crippen LogP contribution >= 0.6 is 0 Å². The highest BCUT2D eigenvalue weighted by atomic mass is 16.7. The lowest BCUT2D eigenvalue weighted by Gasteiger charge is -2.14. The molecule has 1 aliphatic heterocycles. The average Bonchev–Trinajstić information content (AvgIpc) is 3.04. The van der Waals surface area contributed by atoms with Crippen LogP contribution < -0.4 is 14.8 Å². The number of aryl methyl sites for hydroxylation is 2. The molecule has 1 unspecified atom stereocenters. The second-order valence-electron chi connectivity index (χ2n) is 5.90. The molecule has 0 aromatic heterocycles. The van der Waals surface area contributed by atoms with Crippen LogP contribution in [0.1, 0.15) is 28.4 Å². The van der Waals surface area contributed by atoms with Crippen molar-refractivity contribution in [1.82, 2.24) is 0 Å². The number of anilines is 1. The maximum atomic E-state index is 12.2. The molecule has 130 valence electrons. The van der Waals surface area contributed by atoms with Crippen LogP contribution in [0.2, 0.25) is 0 Å². The molecule has 25 heavy (non-hydrogen) atoms. The molecule has 6 nitrogen and oxygen atoms in total. The van der Waals surface area contributed by atoms with Crippen molar-refractivity contribution in [1.29, 1.82) is 0 Å². The van der Waals surface area contributed by atoms with Crippen molar-refractivity contribution in [3.05, 3.63) is 53.1 Å². The number of hydrogen-bond donors (Lipinski definition) is 1. The first-order chi connectivity index (χ1) is 11.9. The topological polar surface area (TPSA) is 73.9 Å². The maximum absolute atomic E-state index is 12.2. The number of rotatable bonds is 4. The molecule has 0 saturated heterocycles. The number of benzene rings is 2. The number of esters is 1. The Bertz CT molecular complexity index is 831. The van der Waals surface area contributed by atoms with Crippen LogP contribution in [0.3, 0.4) is 0 Å². The molecule has 0 saturated carbocycles. The van der Waals surface area contributed by atoms with E-state index in [0.717, 1.165) is 11.1 Å². The molecule has 0 fully saturated rings. The molecule has 0 spiro atoms. The highest BCUT2D eigenvalue weighted by molar-refractivity contribution is 5.97. The normalized spacial score (nSPS) is 13.2. The Kier molecular flexibility index (Phi) is 4.61. The molecular weight excluding hydrogens is 322 g/mol. The Morgan fingerprint density at radius 3 is 2.56 bits per heavy atom. The van der Waals surface area contributed by atoms with Gasteiger partial charge in [0.1, 0.15) is 0 Å². The third-order valence-corrected chi connectivity index (χ3v) is 4.04. The third kappa shape index (κ3) is 3.74. The minimum absolute atomic E-state index is 0.163. The molecule has 1 atom stereocenters. The fourth-order valence-electron chi connectivity index (χ4n) is 2.37. The molecule has 0 aliphatic carbocycles. The minimum atomic E-state index is -0.931. The molecule has 1 N–H and O–H groups in total. The average molecular weight is 341 g/mol. The van der Waals surface area contributed by atoms with Gasteiger partial charge in [-0.2, -0.15) is 0 Å². The van der Waals surface area contributed by atoms with Crippen molar-refractivity contribution in [2.75, 3.05) is 12.1 Å². The van der Waals surface area contributed by atoms with E-state index >= 15 is 0 Å². The summed E-state index contributed by atoms with van der Waals surface area (Å²) in [5.74, 6) is 0.247. The van der Waals surface area contributed by atoms with Crippen LogP contribution in [0, 0.1) is 13.8 Å². The molecule has 6 heteroatoms. The summed E-state index contributed by atoms with van der Waals surface area (Å²) in [6.07, 6.45) is -0.931. The second-order valence-corrected chi connectivity index (χ2v) is 5.90. The van der Waals surface area contributed by atoms with Crippen molar-refractivity contribution in [2.24, 2.45) is 0 Å². The Balaban J connectivity index is 1.62. The van der Waals surface area contributed by atoms with Gasteiger partial charge in [0, 0.05) is 11.8 Å². The molecule has 1 amide bonds. The maximum Gasteiger partial charge on any atom is 0.338 e. The van der Waals surface area contributed by atoms with Gasteiger partial charge in [0.2, 0.25) is 6.79 Å². The summed E-state index contributed by atoms with van der Waals surface area (Å²) in [4.78, 5) is 24.4. The third-order valence-electron chi connectivity index (χ3n) is 4.04. The van der Waals surface area contributed by atoms with Crippen LogP contribution in [0.5, 0.6) is 11.5 Å². The summed E-state index contributed by atoms with van der Waals surface area (Å²) in [7, 11) is 0. The molecule has 2 aromatic rings. The lowest BCUT2D eigenvalue weighted by atomic mass is 10.1. The Morgan fingerprint density at radius 1 is 1.04 bits per heavy atom.